The lowest BCUT2D eigenvalue weighted by atomic mass is 10.3. The Morgan fingerprint density at radius 2 is 2.29 bits per heavy atom. The highest BCUT2D eigenvalue weighted by atomic mass is 15.2. The number of H-pyrrole nitrogens is 1. The molecule has 0 aliphatic heterocycles. The van der Waals surface area contributed by atoms with Crippen molar-refractivity contribution in [2.24, 2.45) is 0 Å². The summed E-state index contributed by atoms with van der Waals surface area (Å²) in [4.78, 5) is 4.29. The Labute approximate surface area is 96.5 Å². The number of nitrogens with zero attached hydrogens (tertiary/aromatic N) is 5. The zero-order chi connectivity index (χ0) is 11.8. The number of rotatable bonds is 1. The van der Waals surface area contributed by atoms with Gasteiger partial charge in [-0.1, -0.05) is 0 Å². The summed E-state index contributed by atoms with van der Waals surface area (Å²) in [7, 11) is 0. The molecular formula is C11H8N6. The van der Waals surface area contributed by atoms with E-state index >= 15 is 0 Å². The molecule has 6 nitrogen and oxygen atoms in total. The van der Waals surface area contributed by atoms with Crippen LogP contribution in [0.25, 0.3) is 16.9 Å². The lowest BCUT2D eigenvalue weighted by Crippen LogP contribution is -1.92. The highest BCUT2D eigenvalue weighted by molar-refractivity contribution is 5.62. The number of hydrogen-bond donors (Lipinski definition) is 1. The van der Waals surface area contributed by atoms with Crippen molar-refractivity contribution in [2.45, 2.75) is 6.92 Å². The molecule has 1 N–H and O–H groups in total. The fourth-order valence-corrected chi connectivity index (χ4v) is 1.66. The molecule has 3 heterocycles. The molecule has 0 saturated heterocycles. The van der Waals surface area contributed by atoms with Gasteiger partial charge in [0.15, 0.2) is 0 Å². The lowest BCUT2D eigenvalue weighted by Gasteiger charge is -1.97. The van der Waals surface area contributed by atoms with Crippen LogP contribution in [0.3, 0.4) is 0 Å². The van der Waals surface area contributed by atoms with Gasteiger partial charge in [0.1, 0.15) is 17.3 Å². The van der Waals surface area contributed by atoms with Gasteiger partial charge in [-0.15, -0.1) is 0 Å². The van der Waals surface area contributed by atoms with Crippen molar-refractivity contribution in [3.05, 3.63) is 35.9 Å². The first kappa shape index (κ1) is 9.54. The number of nitriles is 1. The molecule has 0 aliphatic rings. The Morgan fingerprint density at radius 1 is 1.41 bits per heavy atom. The summed E-state index contributed by atoms with van der Waals surface area (Å²) in [6, 6.07) is 3.98. The van der Waals surface area contributed by atoms with E-state index in [1.165, 1.54) is 6.20 Å². The summed E-state index contributed by atoms with van der Waals surface area (Å²) in [5.41, 5.74) is 3.70. The van der Waals surface area contributed by atoms with E-state index in [-0.39, 0.29) is 0 Å². The van der Waals surface area contributed by atoms with E-state index in [4.69, 9.17) is 5.26 Å². The second-order valence-corrected chi connectivity index (χ2v) is 3.70. The second-order valence-electron chi connectivity index (χ2n) is 3.70. The van der Waals surface area contributed by atoms with Crippen LogP contribution in [0.5, 0.6) is 0 Å². The maximum Gasteiger partial charge on any atom is 0.106 e. The molecule has 0 aliphatic carbocycles. The van der Waals surface area contributed by atoms with Gasteiger partial charge >= 0.3 is 0 Å². The van der Waals surface area contributed by atoms with Crippen LogP contribution < -0.4 is 0 Å². The minimum atomic E-state index is 0.518. The standard InChI is InChI=1S/C11H8N6/c1-7-2-9(16-15-7)10-6-17-11(5-13-10)8(3-12)4-14-17/h2,4-6H,1H3,(H,15,16). The predicted molar refractivity (Wildman–Crippen MR) is 60.0 cm³/mol. The topological polar surface area (TPSA) is 82.7 Å². The number of aromatic amines is 1. The highest BCUT2D eigenvalue weighted by Gasteiger charge is 2.07. The molecule has 3 rings (SSSR count). The molecule has 6 heteroatoms. The van der Waals surface area contributed by atoms with E-state index in [0.717, 1.165) is 17.1 Å². The molecule has 0 saturated carbocycles. The smallest absolute Gasteiger partial charge is 0.106 e. The van der Waals surface area contributed by atoms with Crippen LogP contribution in [0.2, 0.25) is 0 Å². The molecule has 3 aromatic rings. The van der Waals surface area contributed by atoms with Gasteiger partial charge in [-0.3, -0.25) is 10.1 Å². The maximum atomic E-state index is 8.87. The van der Waals surface area contributed by atoms with E-state index in [1.54, 1.807) is 16.9 Å². The van der Waals surface area contributed by atoms with Crippen LogP contribution in [0.4, 0.5) is 0 Å². The number of fused-ring (bicyclic) bond motifs is 1. The zero-order valence-corrected chi connectivity index (χ0v) is 9.05. The largest absolute Gasteiger partial charge is 0.276 e. The molecule has 0 spiro atoms. The van der Waals surface area contributed by atoms with E-state index in [9.17, 15) is 0 Å². The Kier molecular flexibility index (Phi) is 1.92. The summed E-state index contributed by atoms with van der Waals surface area (Å²) in [6.45, 7) is 1.90. The summed E-state index contributed by atoms with van der Waals surface area (Å²) in [5.74, 6) is 0. The molecule has 0 unspecified atom stereocenters. The van der Waals surface area contributed by atoms with Crippen LogP contribution in [0.1, 0.15) is 11.3 Å². The molecule has 0 bridgehead atoms. The molecule has 0 fully saturated rings. The third-order valence-corrected chi connectivity index (χ3v) is 2.51. The van der Waals surface area contributed by atoms with Gasteiger partial charge in [-0.05, 0) is 13.0 Å². The Bertz CT molecular complexity index is 730. The minimum Gasteiger partial charge on any atom is -0.276 e. The van der Waals surface area contributed by atoms with Crippen LogP contribution >= 0.6 is 0 Å². The van der Waals surface area contributed by atoms with Crippen LogP contribution in [-0.4, -0.2) is 24.8 Å². The first-order chi connectivity index (χ1) is 8.28. The Hall–Kier alpha value is -2.68. The third kappa shape index (κ3) is 1.45. The van der Waals surface area contributed by atoms with Crippen molar-refractivity contribution < 1.29 is 0 Å². The van der Waals surface area contributed by atoms with Crippen LogP contribution in [0.15, 0.2) is 24.7 Å². The fraction of sp³-hybridized carbons (Fsp3) is 0.0909. The van der Waals surface area contributed by atoms with Crippen LogP contribution in [-0.2, 0) is 0 Å². The number of aromatic nitrogens is 5. The van der Waals surface area contributed by atoms with E-state index < -0.39 is 0 Å². The summed E-state index contributed by atoms with van der Waals surface area (Å²) >= 11 is 0. The van der Waals surface area contributed by atoms with Gasteiger partial charge in [0.2, 0.25) is 0 Å². The monoisotopic (exact) mass is 224 g/mol. The maximum absolute atomic E-state index is 8.87. The van der Waals surface area contributed by atoms with Crippen molar-refractivity contribution in [2.75, 3.05) is 0 Å². The van der Waals surface area contributed by atoms with E-state index in [0.29, 0.717) is 11.1 Å². The summed E-state index contributed by atoms with van der Waals surface area (Å²) in [5, 5.41) is 19.9. The van der Waals surface area contributed by atoms with Gasteiger partial charge in [0, 0.05) is 0 Å². The fourth-order valence-electron chi connectivity index (χ4n) is 1.66. The molecule has 0 aromatic carbocycles. The van der Waals surface area contributed by atoms with Crippen molar-refractivity contribution in [3.63, 3.8) is 0 Å². The first-order valence-corrected chi connectivity index (χ1v) is 5.04. The molecule has 0 radical (unpaired) electrons. The van der Waals surface area contributed by atoms with Gasteiger partial charge in [-0.25, -0.2) is 4.52 Å². The van der Waals surface area contributed by atoms with E-state index in [2.05, 4.69) is 26.3 Å². The van der Waals surface area contributed by atoms with Crippen molar-refractivity contribution in [3.8, 4) is 17.5 Å². The van der Waals surface area contributed by atoms with Gasteiger partial charge in [0.05, 0.1) is 35.5 Å². The second kappa shape index (κ2) is 3.42. The average Bonchev–Trinajstić information content (AvgIpc) is 2.94. The van der Waals surface area contributed by atoms with Crippen molar-refractivity contribution >= 4 is 5.52 Å². The average molecular weight is 224 g/mol. The van der Waals surface area contributed by atoms with Gasteiger partial charge in [-0.2, -0.15) is 15.5 Å². The Morgan fingerprint density at radius 3 is 3.00 bits per heavy atom. The van der Waals surface area contributed by atoms with Gasteiger partial charge < -0.3 is 0 Å². The molecule has 0 atom stereocenters. The number of aryl methyl sites for hydroxylation is 1. The predicted octanol–water partition coefficient (Wildman–Crippen LogP) is 1.30. The third-order valence-electron chi connectivity index (χ3n) is 2.51. The van der Waals surface area contributed by atoms with Crippen molar-refractivity contribution in [1.82, 2.24) is 24.8 Å². The van der Waals surface area contributed by atoms with E-state index in [1.807, 2.05) is 13.0 Å². The summed E-state index contributed by atoms with van der Waals surface area (Å²) in [6.07, 6.45) is 4.93. The Balaban J connectivity index is 2.18. The molecule has 0 amide bonds. The van der Waals surface area contributed by atoms with Gasteiger partial charge in [0.25, 0.3) is 0 Å². The van der Waals surface area contributed by atoms with Crippen molar-refractivity contribution in [1.29, 1.82) is 5.26 Å². The zero-order valence-electron chi connectivity index (χ0n) is 9.05. The molecule has 3 aromatic heterocycles. The molecule has 82 valence electrons. The normalized spacial score (nSPS) is 10.6. The van der Waals surface area contributed by atoms with Crippen LogP contribution in [0, 0.1) is 18.3 Å². The SMILES string of the molecule is Cc1cc(-c2cn3ncc(C#N)c3cn2)[nH]n1. The molecule has 17 heavy (non-hydrogen) atoms. The first-order valence-electron chi connectivity index (χ1n) is 5.04. The lowest BCUT2D eigenvalue weighted by molar-refractivity contribution is 0.944. The molecular weight excluding hydrogens is 216 g/mol. The number of nitrogens with one attached hydrogen (secondary N) is 1. The quantitative estimate of drug-likeness (QED) is 0.675. The number of hydrogen-bond acceptors (Lipinski definition) is 4. The summed E-state index contributed by atoms with van der Waals surface area (Å²) < 4.78 is 1.64. The highest BCUT2D eigenvalue weighted by Crippen LogP contribution is 2.16. The minimum absolute atomic E-state index is 0.518.